The third-order valence-electron chi connectivity index (χ3n) is 2.58. The lowest BCUT2D eigenvalue weighted by molar-refractivity contribution is -0.118. The zero-order chi connectivity index (χ0) is 12.3. The summed E-state index contributed by atoms with van der Waals surface area (Å²) in [5.74, 6) is 1.13. The topological polar surface area (TPSA) is 42.2 Å². The van der Waals surface area contributed by atoms with Crippen molar-refractivity contribution < 1.29 is 9.21 Å². The third-order valence-corrected chi connectivity index (χ3v) is 2.84. The average molecular weight is 252 g/mol. The number of rotatable bonds is 4. The predicted octanol–water partition coefficient (Wildman–Crippen LogP) is 2.85. The van der Waals surface area contributed by atoms with Crippen molar-refractivity contribution >= 4 is 28.5 Å². The minimum absolute atomic E-state index is 0.0157. The molecule has 1 heterocycles. The van der Waals surface area contributed by atoms with Crippen molar-refractivity contribution in [2.75, 3.05) is 6.54 Å². The maximum atomic E-state index is 10.8. The van der Waals surface area contributed by atoms with Gasteiger partial charge in [-0.3, -0.25) is 4.79 Å². The van der Waals surface area contributed by atoms with Gasteiger partial charge in [0.1, 0.15) is 11.3 Å². The van der Waals surface area contributed by atoms with Crippen LogP contribution in [0.4, 0.5) is 0 Å². The van der Waals surface area contributed by atoms with E-state index in [1.165, 1.54) is 6.92 Å². The number of nitrogens with one attached hydrogen (secondary N) is 1. The lowest BCUT2D eigenvalue weighted by Crippen LogP contribution is -2.22. The summed E-state index contributed by atoms with van der Waals surface area (Å²) in [6.07, 6.45) is 0.756. The number of para-hydroxylation sites is 1. The minimum Gasteiger partial charge on any atom is -0.460 e. The number of amides is 1. The van der Waals surface area contributed by atoms with Gasteiger partial charge in [-0.05, 0) is 18.1 Å². The van der Waals surface area contributed by atoms with Gasteiger partial charge in [-0.1, -0.05) is 18.2 Å². The largest absolute Gasteiger partial charge is 0.460 e. The summed E-state index contributed by atoms with van der Waals surface area (Å²) in [6, 6.07) is 7.94. The van der Waals surface area contributed by atoms with Gasteiger partial charge in [0.2, 0.25) is 5.91 Å². The highest BCUT2D eigenvalue weighted by molar-refractivity contribution is 6.17. The van der Waals surface area contributed by atoms with Crippen LogP contribution in [0.1, 0.15) is 18.2 Å². The normalized spacial score (nSPS) is 10.7. The molecule has 1 aromatic carbocycles. The summed E-state index contributed by atoms with van der Waals surface area (Å²) in [4.78, 5) is 10.8. The molecule has 1 N–H and O–H groups in total. The molecular formula is C13H14ClNO2. The van der Waals surface area contributed by atoms with E-state index in [9.17, 15) is 4.79 Å². The van der Waals surface area contributed by atoms with Gasteiger partial charge in [0.25, 0.3) is 0 Å². The van der Waals surface area contributed by atoms with Crippen LogP contribution >= 0.6 is 11.6 Å². The molecule has 0 atom stereocenters. The highest BCUT2D eigenvalue weighted by atomic mass is 35.5. The summed E-state index contributed by atoms with van der Waals surface area (Å²) in [7, 11) is 0. The number of hydrogen-bond acceptors (Lipinski definition) is 2. The maximum Gasteiger partial charge on any atom is 0.216 e. The van der Waals surface area contributed by atoms with E-state index in [1.54, 1.807) is 0 Å². The zero-order valence-corrected chi connectivity index (χ0v) is 10.4. The molecule has 2 rings (SSSR count). The van der Waals surface area contributed by atoms with Crippen molar-refractivity contribution in [3.05, 3.63) is 35.6 Å². The second kappa shape index (κ2) is 5.23. The Hall–Kier alpha value is -1.48. The molecule has 0 aliphatic heterocycles. The van der Waals surface area contributed by atoms with Crippen LogP contribution in [0, 0.1) is 0 Å². The van der Waals surface area contributed by atoms with Gasteiger partial charge < -0.3 is 9.73 Å². The van der Waals surface area contributed by atoms with E-state index in [1.807, 2.05) is 24.3 Å². The fourth-order valence-corrected chi connectivity index (χ4v) is 1.94. The van der Waals surface area contributed by atoms with E-state index in [0.717, 1.165) is 28.7 Å². The van der Waals surface area contributed by atoms with Gasteiger partial charge in [-0.15, -0.1) is 11.6 Å². The average Bonchev–Trinajstić information content (AvgIpc) is 2.72. The first-order valence-electron chi connectivity index (χ1n) is 5.51. The van der Waals surface area contributed by atoms with Gasteiger partial charge in [-0.25, -0.2) is 0 Å². The molecule has 0 aliphatic carbocycles. The standard InChI is InChI=1S/C13H14ClNO2/c1-9(16)15-6-5-10-3-2-4-11-7-12(8-14)17-13(10)11/h2-4,7H,5-6,8H2,1H3,(H,15,16). The molecule has 0 saturated heterocycles. The van der Waals surface area contributed by atoms with Crippen LogP contribution in [-0.4, -0.2) is 12.5 Å². The second-order valence-electron chi connectivity index (χ2n) is 3.91. The Balaban J connectivity index is 2.21. The van der Waals surface area contributed by atoms with Crippen molar-refractivity contribution in [2.45, 2.75) is 19.2 Å². The molecule has 90 valence electrons. The summed E-state index contributed by atoms with van der Waals surface area (Å²) < 4.78 is 5.66. The van der Waals surface area contributed by atoms with Crippen LogP contribution in [-0.2, 0) is 17.1 Å². The number of alkyl halides is 1. The first-order chi connectivity index (χ1) is 8.20. The second-order valence-corrected chi connectivity index (χ2v) is 4.18. The molecule has 2 aromatic rings. The SMILES string of the molecule is CC(=O)NCCc1cccc2cc(CCl)oc12. The highest BCUT2D eigenvalue weighted by Gasteiger charge is 2.07. The number of fused-ring (bicyclic) bond motifs is 1. The fraction of sp³-hybridized carbons (Fsp3) is 0.308. The number of halogens is 1. The van der Waals surface area contributed by atoms with Crippen LogP contribution in [0.15, 0.2) is 28.7 Å². The Morgan fingerprint density at radius 3 is 3.00 bits per heavy atom. The quantitative estimate of drug-likeness (QED) is 0.849. The van der Waals surface area contributed by atoms with Crippen LogP contribution in [0.25, 0.3) is 11.0 Å². The minimum atomic E-state index is -0.0157. The lowest BCUT2D eigenvalue weighted by atomic mass is 10.1. The van der Waals surface area contributed by atoms with Crippen molar-refractivity contribution in [3.63, 3.8) is 0 Å². The number of furan rings is 1. The smallest absolute Gasteiger partial charge is 0.216 e. The first-order valence-corrected chi connectivity index (χ1v) is 6.05. The molecular weight excluding hydrogens is 238 g/mol. The summed E-state index contributed by atoms with van der Waals surface area (Å²) in [5.41, 5.74) is 1.96. The van der Waals surface area contributed by atoms with Crippen molar-refractivity contribution in [1.82, 2.24) is 5.32 Å². The monoisotopic (exact) mass is 251 g/mol. The molecule has 0 fully saturated rings. The van der Waals surface area contributed by atoms with E-state index in [-0.39, 0.29) is 5.91 Å². The molecule has 1 aromatic heterocycles. The Morgan fingerprint density at radius 2 is 2.29 bits per heavy atom. The fourth-order valence-electron chi connectivity index (χ4n) is 1.81. The Bertz CT molecular complexity index is 533. The number of carbonyl (C=O) groups is 1. The van der Waals surface area contributed by atoms with Crippen LogP contribution in [0.5, 0.6) is 0 Å². The number of carbonyl (C=O) groups excluding carboxylic acids is 1. The molecule has 1 amide bonds. The van der Waals surface area contributed by atoms with Crippen LogP contribution in [0.3, 0.4) is 0 Å². The molecule has 0 aliphatic rings. The molecule has 0 unspecified atom stereocenters. The molecule has 17 heavy (non-hydrogen) atoms. The van der Waals surface area contributed by atoms with E-state index in [4.69, 9.17) is 16.0 Å². The molecule has 3 nitrogen and oxygen atoms in total. The van der Waals surface area contributed by atoms with Gasteiger partial charge in [-0.2, -0.15) is 0 Å². The van der Waals surface area contributed by atoms with E-state index < -0.39 is 0 Å². The first kappa shape index (κ1) is 12.0. The van der Waals surface area contributed by atoms with Gasteiger partial charge in [0.15, 0.2) is 0 Å². The molecule has 0 radical (unpaired) electrons. The predicted molar refractivity (Wildman–Crippen MR) is 68.2 cm³/mol. The molecule has 0 bridgehead atoms. The van der Waals surface area contributed by atoms with E-state index >= 15 is 0 Å². The van der Waals surface area contributed by atoms with Crippen molar-refractivity contribution in [2.24, 2.45) is 0 Å². The van der Waals surface area contributed by atoms with Crippen molar-refractivity contribution in [3.8, 4) is 0 Å². The third kappa shape index (κ3) is 2.80. The Kier molecular flexibility index (Phi) is 3.69. The highest BCUT2D eigenvalue weighted by Crippen LogP contribution is 2.24. The number of hydrogen-bond donors (Lipinski definition) is 1. The summed E-state index contributed by atoms with van der Waals surface area (Å²) in [6.45, 7) is 2.13. The molecule has 0 spiro atoms. The maximum absolute atomic E-state index is 10.8. The summed E-state index contributed by atoms with van der Waals surface area (Å²) >= 11 is 5.75. The van der Waals surface area contributed by atoms with Crippen molar-refractivity contribution in [1.29, 1.82) is 0 Å². The Morgan fingerprint density at radius 1 is 1.47 bits per heavy atom. The van der Waals surface area contributed by atoms with Gasteiger partial charge in [0.05, 0.1) is 5.88 Å². The van der Waals surface area contributed by atoms with Gasteiger partial charge >= 0.3 is 0 Å². The summed E-state index contributed by atoms with van der Waals surface area (Å²) in [5, 5.41) is 3.83. The van der Waals surface area contributed by atoms with E-state index in [0.29, 0.717) is 12.4 Å². The lowest BCUT2D eigenvalue weighted by Gasteiger charge is -2.03. The molecule has 4 heteroatoms. The molecule has 0 saturated carbocycles. The number of benzene rings is 1. The zero-order valence-electron chi connectivity index (χ0n) is 9.63. The van der Waals surface area contributed by atoms with Crippen LogP contribution in [0.2, 0.25) is 0 Å². The van der Waals surface area contributed by atoms with Gasteiger partial charge in [0, 0.05) is 18.9 Å². The van der Waals surface area contributed by atoms with Crippen LogP contribution < -0.4 is 5.32 Å². The van der Waals surface area contributed by atoms with E-state index in [2.05, 4.69) is 5.32 Å². The Labute approximate surface area is 105 Å².